The van der Waals surface area contributed by atoms with Crippen molar-refractivity contribution in [2.45, 2.75) is 19.4 Å². The van der Waals surface area contributed by atoms with E-state index in [1.807, 2.05) is 0 Å². The van der Waals surface area contributed by atoms with Gasteiger partial charge in [0, 0.05) is 23.2 Å². The predicted molar refractivity (Wildman–Crippen MR) is 101 cm³/mol. The second-order valence-corrected chi connectivity index (χ2v) is 6.96. The number of carbonyl (C=O) groups excluding carboxylic acids is 2. The van der Waals surface area contributed by atoms with Crippen molar-refractivity contribution in [2.24, 2.45) is 0 Å². The first-order valence-corrected chi connectivity index (χ1v) is 8.54. The fourth-order valence-corrected chi connectivity index (χ4v) is 2.64. The van der Waals surface area contributed by atoms with Crippen LogP contribution in [0.3, 0.4) is 0 Å². The number of amides is 1. The standard InChI is InChI=1S/C20H20ClNO5/c1-20(2,19(26)22(3)12-17(23)24)27-16-10-6-14(7-11-16)18(25)13-4-8-15(21)9-5-13/h4-11H,12H2,1-3H3,(H,23,24). The maximum absolute atomic E-state index is 12.5. The normalized spacial score (nSPS) is 11.0. The topological polar surface area (TPSA) is 83.9 Å². The van der Waals surface area contributed by atoms with Gasteiger partial charge < -0.3 is 14.7 Å². The lowest BCUT2D eigenvalue weighted by Gasteiger charge is -2.29. The molecule has 0 aliphatic heterocycles. The smallest absolute Gasteiger partial charge is 0.323 e. The number of halogens is 1. The molecule has 0 aliphatic rings. The van der Waals surface area contributed by atoms with Crippen molar-refractivity contribution < 1.29 is 24.2 Å². The Morgan fingerprint density at radius 3 is 1.96 bits per heavy atom. The van der Waals surface area contributed by atoms with E-state index in [0.717, 1.165) is 4.90 Å². The molecule has 7 heteroatoms. The number of carboxylic acid groups (broad SMARTS) is 1. The first kappa shape index (κ1) is 20.5. The quantitative estimate of drug-likeness (QED) is 0.735. The molecular formula is C20H20ClNO5. The summed E-state index contributed by atoms with van der Waals surface area (Å²) in [5.41, 5.74) is -0.276. The van der Waals surface area contributed by atoms with Crippen molar-refractivity contribution in [3.63, 3.8) is 0 Å². The van der Waals surface area contributed by atoms with Crippen LogP contribution in [-0.4, -0.2) is 46.9 Å². The highest BCUT2D eigenvalue weighted by Crippen LogP contribution is 2.22. The van der Waals surface area contributed by atoms with E-state index in [-0.39, 0.29) is 5.78 Å². The molecule has 0 unspecified atom stereocenters. The lowest BCUT2D eigenvalue weighted by Crippen LogP contribution is -2.48. The summed E-state index contributed by atoms with van der Waals surface area (Å²) in [6, 6.07) is 13.0. The zero-order chi connectivity index (χ0) is 20.2. The van der Waals surface area contributed by atoms with Gasteiger partial charge in [-0.3, -0.25) is 14.4 Å². The maximum Gasteiger partial charge on any atom is 0.323 e. The van der Waals surface area contributed by atoms with E-state index in [9.17, 15) is 14.4 Å². The molecule has 1 amide bonds. The highest BCUT2D eigenvalue weighted by molar-refractivity contribution is 6.30. The molecule has 0 atom stereocenters. The summed E-state index contributed by atoms with van der Waals surface area (Å²) in [7, 11) is 1.40. The molecule has 2 aromatic carbocycles. The Morgan fingerprint density at radius 1 is 1.00 bits per heavy atom. The van der Waals surface area contributed by atoms with Gasteiger partial charge in [-0.2, -0.15) is 0 Å². The Labute approximate surface area is 162 Å². The molecule has 27 heavy (non-hydrogen) atoms. The fraction of sp³-hybridized carbons (Fsp3) is 0.250. The zero-order valence-corrected chi connectivity index (χ0v) is 16.0. The summed E-state index contributed by atoms with van der Waals surface area (Å²) in [5, 5.41) is 9.36. The maximum atomic E-state index is 12.5. The summed E-state index contributed by atoms with van der Waals surface area (Å²) >= 11 is 5.83. The van der Waals surface area contributed by atoms with Gasteiger partial charge in [0.2, 0.25) is 0 Å². The minimum absolute atomic E-state index is 0.158. The number of aliphatic carboxylic acids is 1. The van der Waals surface area contributed by atoms with Gasteiger partial charge in [0.25, 0.3) is 5.91 Å². The summed E-state index contributed by atoms with van der Waals surface area (Å²) in [6.45, 7) is 2.70. The summed E-state index contributed by atoms with van der Waals surface area (Å²) in [4.78, 5) is 36.7. The van der Waals surface area contributed by atoms with Crippen LogP contribution in [0.5, 0.6) is 5.75 Å². The fourth-order valence-electron chi connectivity index (χ4n) is 2.51. The molecule has 0 bridgehead atoms. The predicted octanol–water partition coefficient (Wildman–Crippen LogP) is 3.27. The van der Waals surface area contributed by atoms with Crippen LogP contribution in [0, 0.1) is 0 Å². The van der Waals surface area contributed by atoms with Crippen LogP contribution in [0.1, 0.15) is 29.8 Å². The van der Waals surface area contributed by atoms with Gasteiger partial charge in [0.1, 0.15) is 12.3 Å². The van der Waals surface area contributed by atoms with Crippen molar-refractivity contribution in [2.75, 3.05) is 13.6 Å². The molecule has 0 saturated heterocycles. The number of nitrogens with zero attached hydrogens (tertiary/aromatic N) is 1. The van der Waals surface area contributed by atoms with Gasteiger partial charge in [-0.25, -0.2) is 0 Å². The van der Waals surface area contributed by atoms with Crippen molar-refractivity contribution >= 4 is 29.3 Å². The average Bonchev–Trinajstić information content (AvgIpc) is 2.61. The van der Waals surface area contributed by atoms with E-state index in [2.05, 4.69) is 0 Å². The third kappa shape index (κ3) is 5.31. The van der Waals surface area contributed by atoms with Crippen molar-refractivity contribution in [3.8, 4) is 5.75 Å². The number of ketones is 1. The number of hydrogen-bond donors (Lipinski definition) is 1. The van der Waals surface area contributed by atoms with E-state index < -0.39 is 24.0 Å². The number of carbonyl (C=O) groups is 3. The van der Waals surface area contributed by atoms with Crippen LogP contribution < -0.4 is 4.74 Å². The van der Waals surface area contributed by atoms with Crippen LogP contribution in [-0.2, 0) is 9.59 Å². The second kappa shape index (κ2) is 8.22. The highest BCUT2D eigenvalue weighted by Gasteiger charge is 2.33. The third-order valence-electron chi connectivity index (χ3n) is 3.83. The molecule has 1 N–H and O–H groups in total. The Hall–Kier alpha value is -2.86. The van der Waals surface area contributed by atoms with Crippen molar-refractivity contribution in [1.29, 1.82) is 0 Å². The van der Waals surface area contributed by atoms with Gasteiger partial charge in [0.05, 0.1) is 0 Å². The number of likely N-dealkylation sites (N-methyl/N-ethyl adjacent to an activating group) is 1. The van der Waals surface area contributed by atoms with Crippen LogP contribution >= 0.6 is 11.6 Å². The average molecular weight is 390 g/mol. The SMILES string of the molecule is CN(CC(=O)O)C(=O)C(C)(C)Oc1ccc(C(=O)c2ccc(Cl)cc2)cc1. The minimum atomic E-state index is -1.26. The molecule has 6 nitrogen and oxygen atoms in total. The molecule has 2 aromatic rings. The van der Waals surface area contributed by atoms with Gasteiger partial charge in [-0.15, -0.1) is 0 Å². The van der Waals surface area contributed by atoms with E-state index >= 15 is 0 Å². The van der Waals surface area contributed by atoms with Gasteiger partial charge in [-0.05, 0) is 62.4 Å². The Balaban J connectivity index is 2.10. The van der Waals surface area contributed by atoms with E-state index in [1.165, 1.54) is 7.05 Å². The number of rotatable bonds is 7. The van der Waals surface area contributed by atoms with Gasteiger partial charge >= 0.3 is 5.97 Å². The largest absolute Gasteiger partial charge is 0.480 e. The van der Waals surface area contributed by atoms with Crippen LogP contribution in [0.2, 0.25) is 5.02 Å². The molecule has 0 saturated carbocycles. The molecule has 2 rings (SSSR count). The molecule has 142 valence electrons. The second-order valence-electron chi connectivity index (χ2n) is 6.53. The first-order valence-electron chi connectivity index (χ1n) is 8.17. The highest BCUT2D eigenvalue weighted by atomic mass is 35.5. The Kier molecular flexibility index (Phi) is 6.23. The van der Waals surface area contributed by atoms with Crippen LogP contribution in [0.25, 0.3) is 0 Å². The summed E-state index contributed by atoms with van der Waals surface area (Å²) in [6.07, 6.45) is 0. The number of hydrogen-bond acceptors (Lipinski definition) is 4. The molecular weight excluding hydrogens is 370 g/mol. The van der Waals surface area contributed by atoms with E-state index in [4.69, 9.17) is 21.4 Å². The summed E-state index contributed by atoms with van der Waals surface area (Å²) < 4.78 is 5.71. The lowest BCUT2D eigenvalue weighted by molar-refractivity contribution is -0.150. The minimum Gasteiger partial charge on any atom is -0.480 e. The lowest BCUT2D eigenvalue weighted by atomic mass is 10.0. The molecule has 0 fully saturated rings. The first-order chi connectivity index (χ1) is 12.6. The summed E-state index contributed by atoms with van der Waals surface area (Å²) in [5.74, 6) is -1.34. The Morgan fingerprint density at radius 2 is 1.48 bits per heavy atom. The monoisotopic (exact) mass is 389 g/mol. The van der Waals surface area contributed by atoms with Crippen LogP contribution in [0.15, 0.2) is 48.5 Å². The zero-order valence-electron chi connectivity index (χ0n) is 15.2. The molecule has 0 aromatic heterocycles. The molecule has 0 heterocycles. The number of benzene rings is 2. The van der Waals surface area contributed by atoms with Crippen molar-refractivity contribution in [3.05, 3.63) is 64.7 Å². The molecule has 0 spiro atoms. The van der Waals surface area contributed by atoms with Gasteiger partial charge in [0.15, 0.2) is 11.4 Å². The number of ether oxygens (including phenoxy) is 1. The third-order valence-corrected chi connectivity index (χ3v) is 4.08. The molecule has 0 aliphatic carbocycles. The van der Waals surface area contributed by atoms with Gasteiger partial charge in [-0.1, -0.05) is 11.6 Å². The molecule has 0 radical (unpaired) electrons. The van der Waals surface area contributed by atoms with E-state index in [1.54, 1.807) is 62.4 Å². The van der Waals surface area contributed by atoms with Crippen LogP contribution in [0.4, 0.5) is 0 Å². The van der Waals surface area contributed by atoms with E-state index in [0.29, 0.717) is 21.9 Å². The van der Waals surface area contributed by atoms with Crippen molar-refractivity contribution in [1.82, 2.24) is 4.90 Å². The Bertz CT molecular complexity index is 844. The number of carboxylic acids is 1.